The molecule has 0 radical (unpaired) electrons. The summed E-state index contributed by atoms with van der Waals surface area (Å²) < 4.78 is 0. The molecule has 4 N–H and O–H groups in total. The van der Waals surface area contributed by atoms with Crippen LogP contribution in [0.3, 0.4) is 0 Å². The van der Waals surface area contributed by atoms with Crippen LogP contribution in [0.1, 0.15) is 11.1 Å². The van der Waals surface area contributed by atoms with Crippen molar-refractivity contribution in [3.8, 4) is 0 Å². The average molecular weight is 312 g/mol. The van der Waals surface area contributed by atoms with E-state index in [2.05, 4.69) is 0 Å². The van der Waals surface area contributed by atoms with E-state index in [1.807, 2.05) is 0 Å². The maximum Gasteiger partial charge on any atom is 0.407 e. The molecule has 8 heteroatoms. The molecule has 0 fully saturated rings. The second-order valence-electron chi connectivity index (χ2n) is 4.68. The quantitative estimate of drug-likeness (QED) is 0.558. The SMILES string of the molecule is O=C(O)N(CCO)Cc1cccc(CN(CCO)C(=O)O)c1. The molecule has 8 nitrogen and oxygen atoms in total. The Morgan fingerprint density at radius 3 is 1.59 bits per heavy atom. The van der Waals surface area contributed by atoms with Gasteiger partial charge in [0, 0.05) is 26.2 Å². The first-order valence-corrected chi connectivity index (χ1v) is 6.73. The molecule has 0 saturated carbocycles. The topological polar surface area (TPSA) is 122 Å². The van der Waals surface area contributed by atoms with E-state index in [0.29, 0.717) is 11.1 Å². The number of rotatable bonds is 8. The van der Waals surface area contributed by atoms with Gasteiger partial charge in [0.25, 0.3) is 0 Å². The molecule has 2 amide bonds. The van der Waals surface area contributed by atoms with Gasteiger partial charge in [-0.1, -0.05) is 24.3 Å². The lowest BCUT2D eigenvalue weighted by Crippen LogP contribution is -2.32. The number of hydrogen-bond donors (Lipinski definition) is 4. The second-order valence-corrected chi connectivity index (χ2v) is 4.68. The highest BCUT2D eigenvalue weighted by atomic mass is 16.4. The van der Waals surface area contributed by atoms with Gasteiger partial charge in [0.2, 0.25) is 0 Å². The molecule has 0 saturated heterocycles. The fraction of sp³-hybridized carbons (Fsp3) is 0.429. The molecule has 0 bridgehead atoms. The molecule has 22 heavy (non-hydrogen) atoms. The Hall–Kier alpha value is -2.32. The van der Waals surface area contributed by atoms with Crippen LogP contribution >= 0.6 is 0 Å². The van der Waals surface area contributed by atoms with Gasteiger partial charge in [0.05, 0.1) is 13.2 Å². The second kappa shape index (κ2) is 8.85. The van der Waals surface area contributed by atoms with Gasteiger partial charge in [-0.05, 0) is 11.1 Å². The van der Waals surface area contributed by atoms with E-state index in [9.17, 15) is 9.59 Å². The molecule has 0 aliphatic rings. The Balaban J connectivity index is 2.80. The highest BCUT2D eigenvalue weighted by Gasteiger charge is 2.14. The van der Waals surface area contributed by atoms with Gasteiger partial charge in [0.1, 0.15) is 0 Å². The fourth-order valence-corrected chi connectivity index (χ4v) is 1.99. The van der Waals surface area contributed by atoms with Gasteiger partial charge in [-0.2, -0.15) is 0 Å². The first-order valence-electron chi connectivity index (χ1n) is 6.73. The van der Waals surface area contributed by atoms with E-state index in [1.165, 1.54) is 0 Å². The predicted octanol–water partition coefficient (Wildman–Crippen LogP) is 0.631. The molecule has 1 aromatic carbocycles. The summed E-state index contributed by atoms with van der Waals surface area (Å²) in [5.41, 5.74) is 1.39. The van der Waals surface area contributed by atoms with Crippen LogP contribution in [-0.2, 0) is 13.1 Å². The third-order valence-electron chi connectivity index (χ3n) is 3.02. The van der Waals surface area contributed by atoms with Crippen LogP contribution in [-0.4, -0.2) is 68.7 Å². The summed E-state index contributed by atoms with van der Waals surface area (Å²) in [5.74, 6) is 0. The highest BCUT2D eigenvalue weighted by Crippen LogP contribution is 2.11. The minimum atomic E-state index is -1.13. The zero-order valence-corrected chi connectivity index (χ0v) is 12.1. The van der Waals surface area contributed by atoms with Crippen LogP contribution in [0.2, 0.25) is 0 Å². The molecular weight excluding hydrogens is 292 g/mol. The zero-order valence-electron chi connectivity index (χ0n) is 12.1. The Labute approximate surface area is 127 Å². The first-order chi connectivity index (χ1) is 10.5. The molecule has 0 heterocycles. The van der Waals surface area contributed by atoms with Crippen LogP contribution in [0.15, 0.2) is 24.3 Å². The normalized spacial score (nSPS) is 10.3. The van der Waals surface area contributed by atoms with Crippen molar-refractivity contribution in [2.24, 2.45) is 0 Å². The van der Waals surface area contributed by atoms with Crippen molar-refractivity contribution in [3.63, 3.8) is 0 Å². The standard InChI is InChI=1S/C14H20N2O6/c17-6-4-15(13(19)20)9-11-2-1-3-12(8-11)10-16(5-7-18)14(21)22/h1-3,8,17-18H,4-7,9-10H2,(H,19,20)(H,21,22). The molecule has 0 aliphatic heterocycles. The third kappa shape index (κ3) is 5.58. The lowest BCUT2D eigenvalue weighted by molar-refractivity contribution is 0.128. The number of hydrogen-bond acceptors (Lipinski definition) is 4. The molecular formula is C14H20N2O6. The predicted molar refractivity (Wildman–Crippen MR) is 77.5 cm³/mol. The maximum absolute atomic E-state index is 11.0. The number of aliphatic hydroxyl groups is 2. The summed E-state index contributed by atoms with van der Waals surface area (Å²) in [6.07, 6.45) is -2.27. The van der Waals surface area contributed by atoms with Gasteiger partial charge in [-0.15, -0.1) is 0 Å². The third-order valence-corrected chi connectivity index (χ3v) is 3.02. The van der Waals surface area contributed by atoms with Crippen molar-refractivity contribution < 1.29 is 30.0 Å². The number of benzene rings is 1. The van der Waals surface area contributed by atoms with Crippen LogP contribution in [0, 0.1) is 0 Å². The van der Waals surface area contributed by atoms with Crippen molar-refractivity contribution >= 4 is 12.2 Å². The van der Waals surface area contributed by atoms with Crippen molar-refractivity contribution in [2.45, 2.75) is 13.1 Å². The number of amides is 2. The minimum absolute atomic E-state index is 0.00528. The molecule has 0 spiro atoms. The van der Waals surface area contributed by atoms with E-state index >= 15 is 0 Å². The van der Waals surface area contributed by atoms with Gasteiger partial charge in [0.15, 0.2) is 0 Å². The Morgan fingerprint density at radius 1 is 0.864 bits per heavy atom. The van der Waals surface area contributed by atoms with Crippen LogP contribution < -0.4 is 0 Å². The monoisotopic (exact) mass is 312 g/mol. The Kier molecular flexibility index (Phi) is 7.14. The molecule has 0 aromatic heterocycles. The molecule has 1 rings (SSSR count). The lowest BCUT2D eigenvalue weighted by atomic mass is 10.1. The van der Waals surface area contributed by atoms with Crippen molar-refractivity contribution in [3.05, 3.63) is 35.4 Å². The average Bonchev–Trinajstić information content (AvgIpc) is 2.46. The van der Waals surface area contributed by atoms with E-state index < -0.39 is 12.2 Å². The van der Waals surface area contributed by atoms with Gasteiger partial charge in [-0.3, -0.25) is 0 Å². The summed E-state index contributed by atoms with van der Waals surface area (Å²) in [5, 5.41) is 35.8. The summed E-state index contributed by atoms with van der Waals surface area (Å²) in [6.45, 7) is -0.311. The van der Waals surface area contributed by atoms with E-state index in [1.54, 1.807) is 24.3 Å². The van der Waals surface area contributed by atoms with Gasteiger partial charge in [-0.25, -0.2) is 9.59 Å². The molecule has 0 unspecified atom stereocenters. The summed E-state index contributed by atoms with van der Waals surface area (Å²) in [6, 6.07) is 6.88. The smallest absolute Gasteiger partial charge is 0.407 e. The summed E-state index contributed by atoms with van der Waals surface area (Å²) in [4.78, 5) is 24.2. The van der Waals surface area contributed by atoms with E-state index in [4.69, 9.17) is 20.4 Å². The summed E-state index contributed by atoms with van der Waals surface area (Å²) >= 11 is 0. The van der Waals surface area contributed by atoms with E-state index in [0.717, 1.165) is 9.80 Å². The maximum atomic E-state index is 11.0. The number of carbonyl (C=O) groups is 2. The Morgan fingerprint density at radius 2 is 1.27 bits per heavy atom. The van der Waals surface area contributed by atoms with Gasteiger partial charge < -0.3 is 30.2 Å². The zero-order chi connectivity index (χ0) is 16.5. The van der Waals surface area contributed by atoms with Crippen molar-refractivity contribution in [1.82, 2.24) is 9.80 Å². The summed E-state index contributed by atoms with van der Waals surface area (Å²) in [7, 11) is 0. The van der Waals surface area contributed by atoms with Crippen molar-refractivity contribution in [2.75, 3.05) is 26.3 Å². The molecule has 0 atom stereocenters. The van der Waals surface area contributed by atoms with Crippen LogP contribution in [0.25, 0.3) is 0 Å². The first kappa shape index (κ1) is 17.7. The van der Waals surface area contributed by atoms with Gasteiger partial charge >= 0.3 is 12.2 Å². The van der Waals surface area contributed by atoms with Crippen LogP contribution in [0.5, 0.6) is 0 Å². The Bertz CT molecular complexity index is 467. The molecule has 0 aliphatic carbocycles. The molecule has 122 valence electrons. The number of nitrogens with zero attached hydrogens (tertiary/aromatic N) is 2. The highest BCUT2D eigenvalue weighted by molar-refractivity contribution is 5.65. The minimum Gasteiger partial charge on any atom is -0.465 e. The number of aliphatic hydroxyl groups excluding tert-OH is 2. The number of carboxylic acid groups (broad SMARTS) is 2. The lowest BCUT2D eigenvalue weighted by Gasteiger charge is -2.20. The molecule has 1 aromatic rings. The van der Waals surface area contributed by atoms with Crippen molar-refractivity contribution in [1.29, 1.82) is 0 Å². The van der Waals surface area contributed by atoms with E-state index in [-0.39, 0.29) is 39.4 Å². The fourth-order valence-electron chi connectivity index (χ4n) is 1.99. The largest absolute Gasteiger partial charge is 0.465 e. The van der Waals surface area contributed by atoms with Crippen LogP contribution in [0.4, 0.5) is 9.59 Å².